The van der Waals surface area contributed by atoms with Crippen LogP contribution in [0.3, 0.4) is 0 Å². The number of benzene rings is 2. The van der Waals surface area contributed by atoms with Crippen LogP contribution >= 0.6 is 0 Å². The molecule has 1 saturated heterocycles. The van der Waals surface area contributed by atoms with Crippen molar-refractivity contribution in [3.8, 4) is 11.4 Å². The van der Waals surface area contributed by atoms with E-state index in [0.717, 1.165) is 85.2 Å². The second kappa shape index (κ2) is 15.6. The van der Waals surface area contributed by atoms with Crippen LogP contribution in [0.15, 0.2) is 72.9 Å². The van der Waals surface area contributed by atoms with E-state index >= 15 is 0 Å². The molecular weight excluding hydrogens is 667 g/mol. The number of hydrogen-bond donors (Lipinski definition) is 2. The normalized spacial score (nSPS) is 19.0. The predicted octanol–water partition coefficient (Wildman–Crippen LogP) is 7.45. The number of methoxy groups -OCH3 is 1. The zero-order valence-electron chi connectivity index (χ0n) is 31.9. The van der Waals surface area contributed by atoms with Gasteiger partial charge in [-0.25, -0.2) is 9.48 Å². The van der Waals surface area contributed by atoms with Crippen LogP contribution in [0.4, 0.5) is 16.6 Å². The summed E-state index contributed by atoms with van der Waals surface area (Å²) in [4.78, 5) is 18.3. The Bertz CT molecular complexity index is 2020. The molecule has 7 rings (SSSR count). The number of hydrogen-bond acceptors (Lipinski definition) is 8. The van der Waals surface area contributed by atoms with E-state index in [1.54, 1.807) is 7.11 Å². The highest BCUT2D eigenvalue weighted by Crippen LogP contribution is 2.39. The Labute approximate surface area is 312 Å². The van der Waals surface area contributed by atoms with E-state index in [2.05, 4.69) is 102 Å². The lowest BCUT2D eigenvalue weighted by molar-refractivity contribution is 0.158. The van der Waals surface area contributed by atoms with Crippen LogP contribution in [0.2, 0.25) is 0 Å². The van der Waals surface area contributed by atoms with Crippen molar-refractivity contribution in [1.29, 1.82) is 0 Å². The first-order valence-electron chi connectivity index (χ1n) is 18.9. The smallest absolute Gasteiger partial charge is 0.320 e. The van der Waals surface area contributed by atoms with Crippen molar-refractivity contribution in [3.63, 3.8) is 0 Å². The summed E-state index contributed by atoms with van der Waals surface area (Å²) in [7, 11) is 3.80. The Balaban J connectivity index is 1.06. The lowest BCUT2D eigenvalue weighted by Crippen LogP contribution is -2.38. The maximum absolute atomic E-state index is 13.7. The van der Waals surface area contributed by atoms with Gasteiger partial charge in [-0.2, -0.15) is 5.10 Å². The minimum atomic E-state index is -0.278. The summed E-state index contributed by atoms with van der Waals surface area (Å²) >= 11 is 0. The number of fused-ring (bicyclic) bond motifs is 2. The second-order valence-corrected chi connectivity index (χ2v) is 15.6. The molecule has 1 aliphatic carbocycles. The number of nitrogens with zero attached hydrogens (tertiary/aromatic N) is 7. The number of urea groups is 1. The van der Waals surface area contributed by atoms with Gasteiger partial charge in [0.15, 0.2) is 5.65 Å². The van der Waals surface area contributed by atoms with Gasteiger partial charge in [0.25, 0.3) is 0 Å². The number of nitrogens with one attached hydrogen (secondary N) is 2. The van der Waals surface area contributed by atoms with E-state index in [4.69, 9.17) is 14.6 Å². The molecule has 1 aliphatic heterocycles. The van der Waals surface area contributed by atoms with Gasteiger partial charge < -0.3 is 19.7 Å². The Morgan fingerprint density at radius 2 is 1.77 bits per heavy atom. The molecule has 0 radical (unpaired) electrons. The van der Waals surface area contributed by atoms with Crippen LogP contribution in [0, 0.1) is 0 Å². The third-order valence-corrected chi connectivity index (χ3v) is 10.5. The van der Waals surface area contributed by atoms with Gasteiger partial charge in [-0.1, -0.05) is 57.2 Å². The van der Waals surface area contributed by atoms with E-state index in [1.165, 1.54) is 12.0 Å². The average molecular weight is 720 g/mol. The molecule has 5 aromatic rings. The third kappa shape index (κ3) is 8.18. The number of aromatic nitrogens is 5. The molecule has 3 aromatic heterocycles. The van der Waals surface area contributed by atoms with Crippen LogP contribution < -0.4 is 20.3 Å². The van der Waals surface area contributed by atoms with Crippen molar-refractivity contribution in [1.82, 2.24) is 34.6 Å². The first-order valence-corrected chi connectivity index (χ1v) is 18.9. The van der Waals surface area contributed by atoms with Gasteiger partial charge in [-0.15, -0.1) is 10.2 Å². The largest absolute Gasteiger partial charge is 0.484 e. The van der Waals surface area contributed by atoms with Crippen molar-refractivity contribution in [3.05, 3.63) is 95.3 Å². The molecule has 4 heterocycles. The van der Waals surface area contributed by atoms with Crippen molar-refractivity contribution in [2.45, 2.75) is 89.9 Å². The number of carbonyl (C=O) groups is 1. The monoisotopic (exact) mass is 719 g/mol. The number of anilines is 2. The maximum Gasteiger partial charge on any atom is 0.320 e. The number of piperidine rings is 1. The van der Waals surface area contributed by atoms with Crippen LogP contribution in [-0.4, -0.2) is 75.2 Å². The number of ether oxygens (including phenoxy) is 2. The fourth-order valence-electron chi connectivity index (χ4n) is 7.43. The van der Waals surface area contributed by atoms with Crippen molar-refractivity contribution in [2.24, 2.45) is 0 Å². The fraction of sp³-hybridized carbons (Fsp3) is 0.463. The summed E-state index contributed by atoms with van der Waals surface area (Å²) in [6, 6.07) is 22.4. The first kappa shape index (κ1) is 36.4. The Kier molecular flexibility index (Phi) is 10.7. The van der Waals surface area contributed by atoms with Gasteiger partial charge >= 0.3 is 6.03 Å². The quantitative estimate of drug-likeness (QED) is 0.145. The zero-order valence-corrected chi connectivity index (χ0v) is 31.9. The molecule has 0 saturated carbocycles. The number of amides is 2. The molecule has 2 N–H and O–H groups in total. The minimum absolute atomic E-state index is 0.155. The highest BCUT2D eigenvalue weighted by atomic mass is 16.5. The Hall–Kier alpha value is -4.94. The molecule has 2 amide bonds. The number of carbonyl (C=O) groups excluding carboxylic acids is 1. The lowest BCUT2D eigenvalue weighted by Gasteiger charge is -2.33. The predicted molar refractivity (Wildman–Crippen MR) is 208 cm³/mol. The highest BCUT2D eigenvalue weighted by molar-refractivity contribution is 5.89. The summed E-state index contributed by atoms with van der Waals surface area (Å²) < 4.78 is 15.8. The average Bonchev–Trinajstić information content (AvgIpc) is 3.77. The molecule has 3 atom stereocenters. The number of pyridine rings is 1. The minimum Gasteiger partial charge on any atom is -0.484 e. The molecule has 280 valence electrons. The molecular formula is C41H53N9O3. The van der Waals surface area contributed by atoms with Crippen LogP contribution in [0.25, 0.3) is 11.3 Å². The summed E-state index contributed by atoms with van der Waals surface area (Å²) in [6.07, 6.45) is 6.89. The highest BCUT2D eigenvalue weighted by Gasteiger charge is 2.31. The SMILES string of the molecule is COCCN(C)Cc1ccc(-n2nc(C(C)(C)C)cc2NC(=O)NC2CCC(Oc3ccc4nnc(N5CCCCC5C)n4c3)c3ccccc32)cc1. The molecule has 2 aliphatic rings. The van der Waals surface area contributed by atoms with Crippen LogP contribution in [0.1, 0.15) is 94.3 Å². The lowest BCUT2D eigenvalue weighted by atomic mass is 9.85. The second-order valence-electron chi connectivity index (χ2n) is 15.6. The van der Waals surface area contributed by atoms with Gasteiger partial charge in [0, 0.05) is 44.3 Å². The topological polar surface area (TPSA) is 114 Å². The molecule has 53 heavy (non-hydrogen) atoms. The fourth-order valence-corrected chi connectivity index (χ4v) is 7.43. The molecule has 1 fully saturated rings. The standard InChI is InChI=1S/C41H53N9O3/c1-28-11-9-10-22-48(28)40-45-44-37-21-18-31(27-49(37)40)53-35-20-19-34(32-12-7-8-13-33(32)35)42-39(51)43-38-25-36(41(2,3)4)46-50(38)30-16-14-29(15-17-30)26-47(5)23-24-52-6/h7-8,12-18,21,25,27-28,34-35H,9-11,19-20,22-24,26H2,1-6H3,(H2,42,43,51). The Morgan fingerprint density at radius 3 is 2.53 bits per heavy atom. The molecule has 12 nitrogen and oxygen atoms in total. The maximum atomic E-state index is 13.7. The van der Waals surface area contributed by atoms with Gasteiger partial charge in [0.1, 0.15) is 17.7 Å². The van der Waals surface area contributed by atoms with Crippen LogP contribution in [0.5, 0.6) is 5.75 Å². The summed E-state index contributed by atoms with van der Waals surface area (Å²) in [5.74, 6) is 2.25. The molecule has 0 bridgehead atoms. The van der Waals surface area contributed by atoms with Gasteiger partial charge in [0.2, 0.25) is 5.95 Å². The van der Waals surface area contributed by atoms with E-state index in [-0.39, 0.29) is 23.6 Å². The molecule has 12 heteroatoms. The summed E-state index contributed by atoms with van der Waals surface area (Å²) in [5, 5.41) is 20.3. The first-order chi connectivity index (χ1) is 25.6. The van der Waals surface area contributed by atoms with Crippen LogP contribution in [-0.2, 0) is 16.7 Å². The summed E-state index contributed by atoms with van der Waals surface area (Å²) in [6.45, 7) is 12.0. The van der Waals surface area contributed by atoms with Gasteiger partial charge in [-0.05, 0) is 87.0 Å². The molecule has 3 unspecified atom stereocenters. The van der Waals surface area contributed by atoms with Crippen molar-refractivity contribution < 1.29 is 14.3 Å². The third-order valence-electron chi connectivity index (χ3n) is 10.5. The Morgan fingerprint density at radius 1 is 0.981 bits per heavy atom. The van der Waals surface area contributed by atoms with Crippen molar-refractivity contribution in [2.75, 3.05) is 44.1 Å². The van der Waals surface area contributed by atoms with E-state index in [9.17, 15) is 4.79 Å². The molecule has 0 spiro atoms. The molecule has 2 aromatic carbocycles. The van der Waals surface area contributed by atoms with Crippen molar-refractivity contribution >= 4 is 23.4 Å². The van der Waals surface area contributed by atoms with E-state index in [0.29, 0.717) is 18.5 Å². The number of rotatable bonds is 11. The van der Waals surface area contributed by atoms with E-state index in [1.807, 2.05) is 45.6 Å². The summed E-state index contributed by atoms with van der Waals surface area (Å²) in [5.41, 5.74) is 5.70. The van der Waals surface area contributed by atoms with Gasteiger partial charge in [0.05, 0.1) is 30.2 Å². The van der Waals surface area contributed by atoms with E-state index < -0.39 is 0 Å². The zero-order chi connectivity index (χ0) is 37.1. The van der Waals surface area contributed by atoms with Gasteiger partial charge in [-0.3, -0.25) is 14.6 Å². The number of likely N-dealkylation sites (N-methyl/N-ethyl adjacent to an activating group) is 1.